The Morgan fingerprint density at radius 2 is 2.13 bits per heavy atom. The summed E-state index contributed by atoms with van der Waals surface area (Å²) < 4.78 is 7.02. The van der Waals surface area contributed by atoms with Gasteiger partial charge in [-0.25, -0.2) is 4.98 Å². The van der Waals surface area contributed by atoms with E-state index in [0.29, 0.717) is 12.2 Å². The number of aromatic nitrogens is 2. The minimum atomic E-state index is -0.0524. The molecular formula is C17H19N3O2S. The largest absolute Gasteiger partial charge is 0.497 e. The van der Waals surface area contributed by atoms with Gasteiger partial charge in [-0.1, -0.05) is 13.3 Å². The standard InChI is InChI=1S/C17H19N3O2S/c1-3-4-9-18-16(21)15-11-23-17-19-14(10-20(15)17)12-5-7-13(22-2)8-6-12/h5-8,10-11H,3-4,9H2,1-2H3,(H,18,21). The van der Waals surface area contributed by atoms with E-state index in [1.54, 1.807) is 7.11 Å². The number of carbonyl (C=O) groups excluding carboxylic acids is 1. The molecule has 0 aliphatic rings. The fourth-order valence-electron chi connectivity index (χ4n) is 2.32. The van der Waals surface area contributed by atoms with Gasteiger partial charge in [-0.2, -0.15) is 0 Å². The van der Waals surface area contributed by atoms with E-state index in [4.69, 9.17) is 4.74 Å². The second-order valence-electron chi connectivity index (χ2n) is 5.24. The molecule has 1 N–H and O–H groups in total. The molecule has 0 saturated heterocycles. The van der Waals surface area contributed by atoms with Crippen molar-refractivity contribution < 1.29 is 9.53 Å². The number of methoxy groups -OCH3 is 1. The average Bonchev–Trinajstić information content (AvgIpc) is 3.15. The molecule has 0 spiro atoms. The number of carbonyl (C=O) groups is 1. The van der Waals surface area contributed by atoms with Crippen LogP contribution in [-0.4, -0.2) is 28.9 Å². The Labute approximate surface area is 138 Å². The van der Waals surface area contributed by atoms with Gasteiger partial charge in [-0.3, -0.25) is 9.20 Å². The second kappa shape index (κ2) is 6.83. The van der Waals surface area contributed by atoms with Crippen LogP contribution < -0.4 is 10.1 Å². The molecule has 120 valence electrons. The molecule has 0 saturated carbocycles. The predicted molar refractivity (Wildman–Crippen MR) is 92.3 cm³/mol. The summed E-state index contributed by atoms with van der Waals surface area (Å²) in [7, 11) is 1.64. The van der Waals surface area contributed by atoms with Crippen molar-refractivity contribution in [1.82, 2.24) is 14.7 Å². The minimum absolute atomic E-state index is 0.0524. The molecule has 0 unspecified atom stereocenters. The normalized spacial score (nSPS) is 10.9. The Balaban J connectivity index is 1.86. The van der Waals surface area contributed by atoms with E-state index in [-0.39, 0.29) is 5.91 Å². The molecule has 1 aromatic carbocycles. The predicted octanol–water partition coefficient (Wildman–Crippen LogP) is 3.60. The summed E-state index contributed by atoms with van der Waals surface area (Å²) in [5, 5.41) is 4.79. The van der Waals surface area contributed by atoms with Crippen molar-refractivity contribution in [3.05, 3.63) is 41.5 Å². The molecule has 6 heteroatoms. The van der Waals surface area contributed by atoms with Gasteiger partial charge in [0.1, 0.15) is 11.4 Å². The van der Waals surface area contributed by atoms with E-state index in [0.717, 1.165) is 34.8 Å². The highest BCUT2D eigenvalue weighted by Gasteiger charge is 2.14. The van der Waals surface area contributed by atoms with Crippen LogP contribution in [0.4, 0.5) is 0 Å². The van der Waals surface area contributed by atoms with Gasteiger partial charge in [-0.05, 0) is 30.7 Å². The quantitative estimate of drug-likeness (QED) is 0.703. The number of nitrogens with one attached hydrogen (secondary N) is 1. The zero-order valence-corrected chi connectivity index (χ0v) is 14.0. The van der Waals surface area contributed by atoms with Crippen molar-refractivity contribution in [2.75, 3.05) is 13.7 Å². The molecule has 5 nitrogen and oxygen atoms in total. The van der Waals surface area contributed by atoms with Crippen LogP contribution in [0.1, 0.15) is 30.3 Å². The fourth-order valence-corrected chi connectivity index (χ4v) is 3.17. The molecule has 3 aromatic rings. The van der Waals surface area contributed by atoms with E-state index < -0.39 is 0 Å². The van der Waals surface area contributed by atoms with Gasteiger partial charge in [0, 0.05) is 23.7 Å². The molecule has 0 atom stereocenters. The first kappa shape index (κ1) is 15.6. The highest BCUT2D eigenvalue weighted by Crippen LogP contribution is 2.25. The minimum Gasteiger partial charge on any atom is -0.497 e. The second-order valence-corrected chi connectivity index (χ2v) is 6.07. The van der Waals surface area contributed by atoms with Crippen molar-refractivity contribution in [3.63, 3.8) is 0 Å². The molecule has 0 radical (unpaired) electrons. The van der Waals surface area contributed by atoms with Gasteiger partial charge in [0.2, 0.25) is 0 Å². The van der Waals surface area contributed by atoms with Gasteiger partial charge in [0.05, 0.1) is 12.8 Å². The van der Waals surface area contributed by atoms with Crippen LogP contribution in [0, 0.1) is 0 Å². The van der Waals surface area contributed by atoms with Crippen LogP contribution in [0.15, 0.2) is 35.8 Å². The third kappa shape index (κ3) is 3.22. The van der Waals surface area contributed by atoms with Crippen molar-refractivity contribution in [2.24, 2.45) is 0 Å². The van der Waals surface area contributed by atoms with Crippen LogP contribution in [0.3, 0.4) is 0 Å². The lowest BCUT2D eigenvalue weighted by atomic mass is 10.2. The Morgan fingerprint density at radius 1 is 1.35 bits per heavy atom. The maximum Gasteiger partial charge on any atom is 0.269 e. The molecule has 0 aliphatic carbocycles. The maximum atomic E-state index is 12.3. The lowest BCUT2D eigenvalue weighted by Crippen LogP contribution is -2.25. The van der Waals surface area contributed by atoms with Crippen LogP contribution in [0.5, 0.6) is 5.75 Å². The monoisotopic (exact) mass is 329 g/mol. The Bertz CT molecular complexity index is 805. The summed E-state index contributed by atoms with van der Waals surface area (Å²) in [5.74, 6) is 0.758. The SMILES string of the molecule is CCCCNC(=O)c1csc2nc(-c3ccc(OC)cc3)cn12. The zero-order valence-electron chi connectivity index (χ0n) is 13.2. The number of amides is 1. The third-order valence-electron chi connectivity index (χ3n) is 3.64. The van der Waals surface area contributed by atoms with Crippen LogP contribution in [0.2, 0.25) is 0 Å². The lowest BCUT2D eigenvalue weighted by molar-refractivity contribution is 0.0947. The highest BCUT2D eigenvalue weighted by molar-refractivity contribution is 7.15. The molecule has 0 fully saturated rings. The number of ether oxygens (including phenoxy) is 1. The summed E-state index contributed by atoms with van der Waals surface area (Å²) >= 11 is 1.47. The van der Waals surface area contributed by atoms with Crippen LogP contribution in [-0.2, 0) is 0 Å². The molecule has 3 rings (SSSR count). The topological polar surface area (TPSA) is 55.6 Å². The molecule has 23 heavy (non-hydrogen) atoms. The number of fused-ring (bicyclic) bond motifs is 1. The summed E-state index contributed by atoms with van der Waals surface area (Å²) in [6.07, 6.45) is 3.95. The summed E-state index contributed by atoms with van der Waals surface area (Å²) in [5.41, 5.74) is 2.48. The number of hydrogen-bond donors (Lipinski definition) is 1. The van der Waals surface area contributed by atoms with E-state index in [1.807, 2.05) is 40.2 Å². The van der Waals surface area contributed by atoms with Gasteiger partial charge in [-0.15, -0.1) is 11.3 Å². The fraction of sp³-hybridized carbons (Fsp3) is 0.294. The number of rotatable bonds is 6. The first-order valence-corrected chi connectivity index (χ1v) is 8.50. The Hall–Kier alpha value is -2.34. The van der Waals surface area contributed by atoms with Crippen molar-refractivity contribution >= 4 is 22.2 Å². The number of hydrogen-bond acceptors (Lipinski definition) is 4. The Kier molecular flexibility index (Phi) is 4.62. The lowest BCUT2D eigenvalue weighted by Gasteiger charge is -2.02. The van der Waals surface area contributed by atoms with Crippen LogP contribution >= 0.6 is 11.3 Å². The third-order valence-corrected chi connectivity index (χ3v) is 4.48. The van der Waals surface area contributed by atoms with Crippen molar-refractivity contribution in [1.29, 1.82) is 0 Å². The van der Waals surface area contributed by atoms with Crippen LogP contribution in [0.25, 0.3) is 16.2 Å². The number of imidazole rings is 1. The average molecular weight is 329 g/mol. The van der Waals surface area contributed by atoms with E-state index in [2.05, 4.69) is 17.2 Å². The number of unbranched alkanes of at least 4 members (excludes halogenated alkanes) is 1. The first-order valence-electron chi connectivity index (χ1n) is 7.62. The first-order chi connectivity index (χ1) is 11.2. The highest BCUT2D eigenvalue weighted by atomic mass is 32.1. The van der Waals surface area contributed by atoms with Crippen molar-refractivity contribution in [2.45, 2.75) is 19.8 Å². The van der Waals surface area contributed by atoms with E-state index >= 15 is 0 Å². The number of benzene rings is 1. The zero-order chi connectivity index (χ0) is 16.2. The van der Waals surface area contributed by atoms with Crippen molar-refractivity contribution in [3.8, 4) is 17.0 Å². The van der Waals surface area contributed by atoms with Gasteiger partial charge in [0.25, 0.3) is 5.91 Å². The molecular weight excluding hydrogens is 310 g/mol. The summed E-state index contributed by atoms with van der Waals surface area (Å²) in [6.45, 7) is 2.80. The number of thiazole rings is 1. The molecule has 1 amide bonds. The number of nitrogens with zero attached hydrogens (tertiary/aromatic N) is 2. The molecule has 0 bridgehead atoms. The maximum absolute atomic E-state index is 12.3. The van der Waals surface area contributed by atoms with Gasteiger partial charge < -0.3 is 10.1 Å². The molecule has 2 heterocycles. The molecule has 0 aliphatic heterocycles. The smallest absolute Gasteiger partial charge is 0.269 e. The summed E-state index contributed by atoms with van der Waals surface area (Å²) in [6, 6.07) is 7.74. The van der Waals surface area contributed by atoms with Gasteiger partial charge in [0.15, 0.2) is 4.96 Å². The van der Waals surface area contributed by atoms with E-state index in [1.165, 1.54) is 11.3 Å². The van der Waals surface area contributed by atoms with Gasteiger partial charge >= 0.3 is 0 Å². The van der Waals surface area contributed by atoms with E-state index in [9.17, 15) is 4.79 Å². The molecule has 2 aromatic heterocycles. The summed E-state index contributed by atoms with van der Waals surface area (Å²) in [4.78, 5) is 17.7. The Morgan fingerprint density at radius 3 is 2.83 bits per heavy atom.